The van der Waals surface area contributed by atoms with Gasteiger partial charge in [-0.05, 0) is 62.8 Å². The lowest BCUT2D eigenvalue weighted by Gasteiger charge is -2.63. The van der Waals surface area contributed by atoms with Gasteiger partial charge in [0.2, 0.25) is 5.78 Å². The molecule has 2 heterocycles. The van der Waals surface area contributed by atoms with Gasteiger partial charge >= 0.3 is 0 Å². The van der Waals surface area contributed by atoms with E-state index in [1.54, 1.807) is 40.2 Å². The van der Waals surface area contributed by atoms with Crippen LogP contribution in [0.1, 0.15) is 47.5 Å². The molecule has 0 bridgehead atoms. The van der Waals surface area contributed by atoms with Crippen molar-refractivity contribution in [2.75, 3.05) is 14.2 Å². The third-order valence-electron chi connectivity index (χ3n) is 10.8. The average molecular weight is 501 g/mol. The number of carbonyl (C=O) groups is 2. The van der Waals surface area contributed by atoms with Crippen molar-refractivity contribution in [2.45, 2.75) is 77.8 Å². The zero-order valence-corrected chi connectivity index (χ0v) is 22.0. The highest BCUT2D eigenvalue weighted by Gasteiger charge is 2.88. The van der Waals surface area contributed by atoms with Gasteiger partial charge < -0.3 is 29.2 Å². The van der Waals surface area contributed by atoms with Crippen molar-refractivity contribution < 1.29 is 38.7 Å². The number of hydrogen-bond acceptors (Lipinski definition) is 8. The number of allylic oxidation sites excluding steroid dienone is 4. The maximum absolute atomic E-state index is 14.3. The molecule has 0 radical (unpaired) electrons. The van der Waals surface area contributed by atoms with Crippen LogP contribution >= 0.6 is 0 Å². The molecular weight excluding hydrogens is 464 g/mol. The summed E-state index contributed by atoms with van der Waals surface area (Å²) < 4.78 is 23.4. The Balaban J connectivity index is 1.53. The minimum absolute atomic E-state index is 0.0678. The summed E-state index contributed by atoms with van der Waals surface area (Å²) in [6, 6.07) is 0. The average Bonchev–Trinajstić information content (AvgIpc) is 3.31. The van der Waals surface area contributed by atoms with Crippen LogP contribution in [0.15, 0.2) is 35.1 Å². The minimum atomic E-state index is -1.20. The number of aliphatic hydroxyl groups is 2. The van der Waals surface area contributed by atoms with Crippen LogP contribution in [0.3, 0.4) is 0 Å². The normalized spacial score (nSPS) is 52.5. The molecule has 2 N–H and O–H groups in total. The van der Waals surface area contributed by atoms with E-state index in [-0.39, 0.29) is 23.6 Å². The van der Waals surface area contributed by atoms with Gasteiger partial charge in [0.05, 0.1) is 23.0 Å². The van der Waals surface area contributed by atoms with Crippen molar-refractivity contribution in [1.29, 1.82) is 0 Å². The van der Waals surface area contributed by atoms with Gasteiger partial charge in [-0.3, -0.25) is 9.59 Å². The first-order chi connectivity index (χ1) is 16.8. The molecule has 196 valence electrons. The molecular formula is C28H36O8. The van der Waals surface area contributed by atoms with Crippen LogP contribution in [0.25, 0.3) is 0 Å². The smallest absolute Gasteiger partial charge is 0.206 e. The first kappa shape index (κ1) is 24.5. The van der Waals surface area contributed by atoms with Crippen LogP contribution in [0.4, 0.5) is 0 Å². The standard InChI is InChI=1S/C28H36O8/c1-24(2)16(30)8-9-25(3)20-15(29)12-26(4)14(13-10-18(33-6)35-23(13)34-7)11-17-28(26,36-17)27(20,5)22(32)19(31)21(24)25/h8-10,14-15,17-18,20,23,29,31H,11-12H2,1-7H3/t14-,15-,17+,18-,20+,23-,25+,26-,27-,28+/m0/s1. The van der Waals surface area contributed by atoms with E-state index in [1.165, 1.54) is 0 Å². The molecule has 3 fully saturated rings. The Morgan fingerprint density at radius 2 is 1.78 bits per heavy atom. The quantitative estimate of drug-likeness (QED) is 0.449. The second-order valence-corrected chi connectivity index (χ2v) is 12.6. The van der Waals surface area contributed by atoms with Crippen molar-refractivity contribution in [3.8, 4) is 0 Å². The molecule has 1 saturated heterocycles. The zero-order chi connectivity index (χ0) is 26.2. The predicted molar refractivity (Wildman–Crippen MR) is 127 cm³/mol. The Kier molecular flexibility index (Phi) is 4.74. The highest BCUT2D eigenvalue weighted by Crippen LogP contribution is 2.80. The lowest BCUT2D eigenvalue weighted by atomic mass is 9.38. The summed E-state index contributed by atoms with van der Waals surface area (Å²) in [7, 11) is 3.16. The minimum Gasteiger partial charge on any atom is -0.504 e. The Bertz CT molecular complexity index is 1170. The molecule has 2 aliphatic heterocycles. The maximum atomic E-state index is 14.3. The van der Waals surface area contributed by atoms with Crippen LogP contribution in [-0.2, 0) is 28.5 Å². The lowest BCUT2D eigenvalue weighted by Crippen LogP contribution is -2.70. The second-order valence-electron chi connectivity index (χ2n) is 12.6. The number of ether oxygens (including phenoxy) is 4. The van der Waals surface area contributed by atoms with E-state index in [1.807, 2.05) is 19.9 Å². The molecule has 2 saturated carbocycles. The van der Waals surface area contributed by atoms with E-state index >= 15 is 0 Å². The van der Waals surface area contributed by atoms with Gasteiger partial charge in [-0.2, -0.15) is 0 Å². The molecule has 0 amide bonds. The number of Topliss-reactive ketones (excluding diaryl/α,β-unsaturated/α-hetero) is 1. The molecule has 8 heteroatoms. The zero-order valence-electron chi connectivity index (χ0n) is 22.0. The van der Waals surface area contributed by atoms with Crippen LogP contribution in [0.5, 0.6) is 0 Å². The van der Waals surface area contributed by atoms with Crippen LogP contribution in [0.2, 0.25) is 0 Å². The number of aliphatic hydroxyl groups excluding tert-OH is 2. The molecule has 1 spiro atoms. The topological polar surface area (TPSA) is 115 Å². The van der Waals surface area contributed by atoms with Crippen molar-refractivity contribution in [3.05, 3.63) is 35.1 Å². The number of fused-ring (bicyclic) bond motifs is 3. The summed E-state index contributed by atoms with van der Waals surface area (Å²) in [6.45, 7) is 9.34. The molecule has 8 nitrogen and oxygen atoms in total. The van der Waals surface area contributed by atoms with Crippen molar-refractivity contribution >= 4 is 11.6 Å². The van der Waals surface area contributed by atoms with Gasteiger partial charge in [0.1, 0.15) is 5.60 Å². The first-order valence-corrected chi connectivity index (χ1v) is 12.8. The molecule has 36 heavy (non-hydrogen) atoms. The fraction of sp³-hybridized carbons (Fsp3) is 0.714. The Morgan fingerprint density at radius 3 is 2.42 bits per heavy atom. The summed E-state index contributed by atoms with van der Waals surface area (Å²) in [5.74, 6) is -1.61. The lowest BCUT2D eigenvalue weighted by molar-refractivity contribution is -0.197. The fourth-order valence-corrected chi connectivity index (χ4v) is 9.54. The summed E-state index contributed by atoms with van der Waals surface area (Å²) in [5.41, 5.74) is -3.31. The van der Waals surface area contributed by atoms with E-state index in [0.29, 0.717) is 18.4 Å². The van der Waals surface area contributed by atoms with Gasteiger partial charge in [0, 0.05) is 31.0 Å². The SMILES string of the molecule is CO[C@@H]1C=C([C@@H]2C[C@H]3O[C@@]34[C@@]2(C)C[C@H](O)[C@@H]2[C@@]3(C)C=CC(=O)C(C)(C)C3=C(O)C(=O)[C@]24C)[C@@H](OC)O1. The first-order valence-electron chi connectivity index (χ1n) is 12.8. The molecule has 10 atom stereocenters. The largest absolute Gasteiger partial charge is 0.504 e. The van der Waals surface area contributed by atoms with E-state index in [0.717, 1.165) is 5.57 Å². The van der Waals surface area contributed by atoms with E-state index in [9.17, 15) is 19.8 Å². The van der Waals surface area contributed by atoms with Crippen molar-refractivity contribution in [2.24, 2.45) is 33.5 Å². The fourth-order valence-electron chi connectivity index (χ4n) is 9.54. The predicted octanol–water partition coefficient (Wildman–Crippen LogP) is 3.01. The van der Waals surface area contributed by atoms with Crippen LogP contribution in [-0.4, -0.2) is 66.4 Å². The maximum Gasteiger partial charge on any atom is 0.206 e. The summed E-state index contributed by atoms with van der Waals surface area (Å²) in [6.07, 6.45) is 4.12. The monoisotopic (exact) mass is 500 g/mol. The molecule has 6 rings (SSSR count). The third kappa shape index (κ3) is 2.40. The van der Waals surface area contributed by atoms with Crippen LogP contribution in [0, 0.1) is 33.5 Å². The van der Waals surface area contributed by atoms with E-state index < -0.39 is 57.6 Å². The van der Waals surface area contributed by atoms with Crippen molar-refractivity contribution in [1.82, 2.24) is 0 Å². The molecule has 0 aromatic carbocycles. The highest BCUT2D eigenvalue weighted by atomic mass is 16.8. The molecule has 0 aromatic rings. The Hall–Kier alpha value is -1.84. The summed E-state index contributed by atoms with van der Waals surface area (Å²) >= 11 is 0. The van der Waals surface area contributed by atoms with E-state index in [4.69, 9.17) is 18.9 Å². The molecule has 0 unspecified atom stereocenters. The van der Waals surface area contributed by atoms with Crippen LogP contribution < -0.4 is 0 Å². The Labute approximate surface area is 211 Å². The number of rotatable bonds is 3. The van der Waals surface area contributed by atoms with Gasteiger partial charge in [0.25, 0.3) is 0 Å². The summed E-state index contributed by atoms with van der Waals surface area (Å²) in [5, 5.41) is 23.4. The Morgan fingerprint density at radius 1 is 1.08 bits per heavy atom. The van der Waals surface area contributed by atoms with Gasteiger partial charge in [-0.25, -0.2) is 0 Å². The highest BCUT2D eigenvalue weighted by molar-refractivity contribution is 6.06. The molecule has 6 aliphatic rings. The number of ketones is 2. The number of epoxide rings is 1. The summed E-state index contributed by atoms with van der Waals surface area (Å²) in [4.78, 5) is 27.1. The number of carbonyl (C=O) groups excluding carboxylic acids is 2. The van der Waals surface area contributed by atoms with Crippen molar-refractivity contribution in [3.63, 3.8) is 0 Å². The van der Waals surface area contributed by atoms with E-state index in [2.05, 4.69) is 6.92 Å². The molecule has 4 aliphatic carbocycles. The molecule has 0 aromatic heterocycles. The number of hydrogen-bond donors (Lipinski definition) is 2. The van der Waals surface area contributed by atoms with Gasteiger partial charge in [0.15, 0.2) is 24.1 Å². The second kappa shape index (κ2) is 6.97. The third-order valence-corrected chi connectivity index (χ3v) is 10.8. The van der Waals surface area contributed by atoms with Gasteiger partial charge in [-0.15, -0.1) is 0 Å². The number of methoxy groups -OCH3 is 2. The van der Waals surface area contributed by atoms with Gasteiger partial charge in [-0.1, -0.05) is 19.9 Å².